The molecule has 1 N–H and O–H groups in total. The zero-order chi connectivity index (χ0) is 33.5. The molecule has 5 rings (SSSR count). The first-order valence-corrected chi connectivity index (χ1v) is 15.6. The number of nitro groups is 1. The number of carbonyl (C=O) groups excluding carboxylic acids is 1. The van der Waals surface area contributed by atoms with Gasteiger partial charge >= 0.3 is 5.91 Å². The van der Waals surface area contributed by atoms with Crippen LogP contribution >= 0.6 is 27.5 Å². The van der Waals surface area contributed by atoms with Crippen molar-refractivity contribution in [1.29, 1.82) is 0 Å². The summed E-state index contributed by atoms with van der Waals surface area (Å²) in [7, 11) is 0. The molecule has 0 aliphatic rings. The van der Waals surface area contributed by atoms with E-state index in [9.17, 15) is 14.9 Å². The van der Waals surface area contributed by atoms with Gasteiger partial charge in [-0.3, -0.25) is 14.9 Å². The molecule has 0 radical (unpaired) electrons. The number of aromatic nitrogens is 1. The molecule has 0 aliphatic carbocycles. The van der Waals surface area contributed by atoms with Crippen molar-refractivity contribution >= 4 is 45.3 Å². The first-order chi connectivity index (χ1) is 22.6. The summed E-state index contributed by atoms with van der Waals surface area (Å²) in [4.78, 5) is 23.3. The highest BCUT2D eigenvalue weighted by Crippen LogP contribution is 2.42. The Labute approximate surface area is 284 Å². The lowest BCUT2D eigenvalue weighted by Crippen LogP contribution is -2.16. The van der Waals surface area contributed by atoms with Gasteiger partial charge < -0.3 is 23.2 Å². The molecule has 47 heavy (non-hydrogen) atoms. The van der Waals surface area contributed by atoms with Crippen LogP contribution in [-0.2, 0) is 13.2 Å². The minimum Gasteiger partial charge on any atom is -0.490 e. The number of furan rings is 1. The molecule has 3 aromatic carbocycles. The van der Waals surface area contributed by atoms with Gasteiger partial charge in [0.05, 0.1) is 17.7 Å². The number of hydrogen-bond donors (Lipinski definition) is 1. The number of hydrogen-bond acceptors (Lipinski definition) is 8. The van der Waals surface area contributed by atoms with Gasteiger partial charge in [-0.1, -0.05) is 23.7 Å². The smallest absolute Gasteiger partial charge is 0.307 e. The van der Waals surface area contributed by atoms with Crippen molar-refractivity contribution < 1.29 is 28.3 Å². The maximum atomic E-state index is 12.7. The van der Waals surface area contributed by atoms with E-state index < -0.39 is 10.8 Å². The molecule has 0 saturated carbocycles. The number of rotatable bonds is 13. The summed E-state index contributed by atoms with van der Waals surface area (Å²) in [5.41, 5.74) is 6.82. The van der Waals surface area contributed by atoms with Crippen molar-refractivity contribution in [2.24, 2.45) is 5.10 Å². The molecule has 0 spiro atoms. The molecule has 242 valence electrons. The first-order valence-electron chi connectivity index (χ1n) is 14.5. The second kappa shape index (κ2) is 15.0. The second-order valence-electron chi connectivity index (χ2n) is 10.3. The largest absolute Gasteiger partial charge is 0.490 e. The normalized spacial score (nSPS) is 11.1. The molecule has 0 aliphatic heterocycles. The summed E-state index contributed by atoms with van der Waals surface area (Å²) in [6.07, 6.45) is 1.40. The predicted octanol–water partition coefficient (Wildman–Crippen LogP) is 8.33. The van der Waals surface area contributed by atoms with E-state index in [-0.39, 0.29) is 35.4 Å². The van der Waals surface area contributed by atoms with Crippen LogP contribution in [0.2, 0.25) is 5.02 Å². The molecular formula is C34H30BrClN4O7. The molecule has 13 heteroatoms. The number of amides is 1. The van der Waals surface area contributed by atoms with Gasteiger partial charge in [0.25, 0.3) is 5.69 Å². The molecule has 0 fully saturated rings. The molecule has 0 atom stereocenters. The number of carbonyl (C=O) groups is 1. The molecule has 2 aromatic heterocycles. The number of nitro benzene ring substituents is 1. The summed E-state index contributed by atoms with van der Waals surface area (Å²) in [5, 5.41) is 15.4. The van der Waals surface area contributed by atoms with Crippen molar-refractivity contribution in [3.63, 3.8) is 0 Å². The lowest BCUT2D eigenvalue weighted by molar-refractivity contribution is -0.384. The van der Waals surface area contributed by atoms with Crippen LogP contribution in [-0.4, -0.2) is 28.2 Å². The van der Waals surface area contributed by atoms with Gasteiger partial charge in [0.1, 0.15) is 29.7 Å². The topological polar surface area (TPSA) is 130 Å². The van der Waals surface area contributed by atoms with Crippen molar-refractivity contribution in [2.45, 2.75) is 34.0 Å². The Balaban J connectivity index is 1.19. The Morgan fingerprint density at radius 2 is 1.77 bits per heavy atom. The zero-order valence-corrected chi connectivity index (χ0v) is 28.0. The van der Waals surface area contributed by atoms with Crippen molar-refractivity contribution in [3.8, 4) is 22.9 Å². The molecule has 0 bridgehead atoms. The summed E-state index contributed by atoms with van der Waals surface area (Å²) < 4.78 is 25.8. The van der Waals surface area contributed by atoms with Gasteiger partial charge in [-0.2, -0.15) is 5.10 Å². The van der Waals surface area contributed by atoms with E-state index in [0.29, 0.717) is 39.5 Å². The van der Waals surface area contributed by atoms with E-state index in [1.54, 1.807) is 31.2 Å². The molecule has 0 saturated heterocycles. The molecule has 1 amide bonds. The fourth-order valence-corrected chi connectivity index (χ4v) is 5.38. The fraction of sp³-hybridized carbons (Fsp3) is 0.176. The lowest BCUT2D eigenvalue weighted by atomic mass is 10.2. The van der Waals surface area contributed by atoms with E-state index in [2.05, 4.69) is 57.0 Å². The molecule has 11 nitrogen and oxygen atoms in total. The van der Waals surface area contributed by atoms with Crippen LogP contribution in [0.4, 0.5) is 5.69 Å². The van der Waals surface area contributed by atoms with E-state index in [4.69, 9.17) is 30.2 Å². The molecule has 0 unspecified atom stereocenters. The Morgan fingerprint density at radius 1 is 1.02 bits per heavy atom. The number of benzene rings is 3. The van der Waals surface area contributed by atoms with Gasteiger partial charge in [0.2, 0.25) is 0 Å². The summed E-state index contributed by atoms with van der Waals surface area (Å²) >= 11 is 10.1. The Kier molecular flexibility index (Phi) is 10.6. The van der Waals surface area contributed by atoms with Gasteiger partial charge in [-0.05, 0) is 96.9 Å². The first kappa shape index (κ1) is 33.3. The number of aryl methyl sites for hydroxylation is 2. The Morgan fingerprint density at radius 3 is 2.47 bits per heavy atom. The number of ether oxygens (including phenoxy) is 3. The fourth-order valence-electron chi connectivity index (χ4n) is 4.73. The monoisotopic (exact) mass is 720 g/mol. The second-order valence-corrected chi connectivity index (χ2v) is 11.4. The van der Waals surface area contributed by atoms with Crippen LogP contribution in [0.5, 0.6) is 17.2 Å². The predicted molar refractivity (Wildman–Crippen MR) is 181 cm³/mol. The zero-order valence-electron chi connectivity index (χ0n) is 25.7. The Bertz CT molecular complexity index is 1920. The van der Waals surface area contributed by atoms with Gasteiger partial charge in [0, 0.05) is 39.2 Å². The van der Waals surface area contributed by atoms with Crippen molar-refractivity contribution in [1.82, 2.24) is 9.99 Å². The highest BCUT2D eigenvalue weighted by molar-refractivity contribution is 9.10. The molecule has 2 heterocycles. The lowest BCUT2D eigenvalue weighted by Gasteiger charge is -2.16. The van der Waals surface area contributed by atoms with Crippen LogP contribution in [0, 0.1) is 24.0 Å². The van der Waals surface area contributed by atoms with E-state index in [1.807, 2.05) is 24.3 Å². The van der Waals surface area contributed by atoms with Gasteiger partial charge in [0.15, 0.2) is 17.3 Å². The van der Waals surface area contributed by atoms with Crippen LogP contribution < -0.4 is 19.6 Å². The standard InChI is InChI=1S/C34H30BrClN4O7/c1-4-44-30-17-24(31(35)32(36)33(30)46-19-23-6-5-7-26(16-23)40(42)43)18-37-38-34(41)29-15-14-28(47-29)20-45-27-12-10-25(11-13-27)39-21(2)8-9-22(39)3/h5-18H,4,19-20H2,1-3H3,(H,38,41)/b37-18+. The maximum absolute atomic E-state index is 12.7. The molecular weight excluding hydrogens is 692 g/mol. The van der Waals surface area contributed by atoms with Crippen LogP contribution in [0.25, 0.3) is 5.69 Å². The third kappa shape index (κ3) is 8.02. The highest BCUT2D eigenvalue weighted by Gasteiger charge is 2.19. The SMILES string of the molecule is CCOc1cc(/C=N/NC(=O)c2ccc(COc3ccc(-n4c(C)ccc4C)cc3)o2)c(Br)c(Cl)c1OCc1cccc([N+](=O)[O-])c1. The number of hydrazone groups is 1. The quantitative estimate of drug-likeness (QED) is 0.0735. The maximum Gasteiger partial charge on any atom is 0.307 e. The van der Waals surface area contributed by atoms with Crippen LogP contribution in [0.1, 0.15) is 45.8 Å². The number of halogens is 2. The summed E-state index contributed by atoms with van der Waals surface area (Å²) in [6.45, 7) is 6.40. The average Bonchev–Trinajstić information content (AvgIpc) is 3.68. The summed E-state index contributed by atoms with van der Waals surface area (Å²) in [6, 6.07) is 22.8. The van der Waals surface area contributed by atoms with Gasteiger partial charge in [-0.15, -0.1) is 0 Å². The highest BCUT2D eigenvalue weighted by atomic mass is 79.9. The van der Waals surface area contributed by atoms with Crippen LogP contribution in [0.3, 0.4) is 0 Å². The van der Waals surface area contributed by atoms with Crippen molar-refractivity contribution in [2.75, 3.05) is 6.61 Å². The number of nitrogens with one attached hydrogen (secondary N) is 1. The van der Waals surface area contributed by atoms with Gasteiger partial charge in [-0.25, -0.2) is 5.43 Å². The molecule has 5 aromatic rings. The number of non-ortho nitro benzene ring substituents is 1. The summed E-state index contributed by atoms with van der Waals surface area (Å²) in [5.74, 6) is 1.22. The average molecular weight is 722 g/mol. The Hall–Kier alpha value is -5.07. The van der Waals surface area contributed by atoms with Crippen LogP contribution in [0.15, 0.2) is 92.9 Å². The minimum atomic E-state index is -0.557. The van der Waals surface area contributed by atoms with E-state index >= 15 is 0 Å². The third-order valence-corrected chi connectivity index (χ3v) is 8.41. The number of nitrogens with zero attached hydrogens (tertiary/aromatic N) is 3. The van der Waals surface area contributed by atoms with Crippen molar-refractivity contribution in [3.05, 3.63) is 133 Å². The van der Waals surface area contributed by atoms with E-state index in [0.717, 1.165) is 17.1 Å². The third-order valence-electron chi connectivity index (χ3n) is 6.96. The van der Waals surface area contributed by atoms with E-state index in [1.165, 1.54) is 24.4 Å². The minimum absolute atomic E-state index is 0.0215.